The van der Waals surface area contributed by atoms with Crippen LogP contribution in [0.25, 0.3) is 0 Å². The van der Waals surface area contributed by atoms with E-state index in [9.17, 15) is 9.59 Å². The van der Waals surface area contributed by atoms with Crippen molar-refractivity contribution in [1.82, 2.24) is 4.98 Å². The van der Waals surface area contributed by atoms with Crippen molar-refractivity contribution in [2.45, 2.75) is 13.8 Å². The first-order valence-corrected chi connectivity index (χ1v) is 4.80. The summed E-state index contributed by atoms with van der Waals surface area (Å²) >= 11 is 0. The molecule has 0 saturated carbocycles. The van der Waals surface area contributed by atoms with Gasteiger partial charge in [0, 0.05) is 5.69 Å². The summed E-state index contributed by atoms with van der Waals surface area (Å²) < 4.78 is 4.84. The van der Waals surface area contributed by atoms with Gasteiger partial charge in [-0.15, -0.1) is 0 Å². The molecule has 0 aliphatic rings. The van der Waals surface area contributed by atoms with Gasteiger partial charge in [-0.05, 0) is 19.9 Å². The van der Waals surface area contributed by atoms with E-state index >= 15 is 0 Å². The molecule has 16 heavy (non-hydrogen) atoms. The Kier molecular flexibility index (Phi) is 4.07. The van der Waals surface area contributed by atoms with Crippen LogP contribution in [-0.2, 0) is 9.57 Å². The number of aromatic amines is 1. The number of ether oxygens (including phenoxy) is 1. The highest BCUT2D eigenvalue weighted by atomic mass is 16.6. The minimum absolute atomic E-state index is 0.0477. The zero-order valence-electron chi connectivity index (χ0n) is 9.42. The Bertz CT molecular complexity index is 439. The van der Waals surface area contributed by atoms with Gasteiger partial charge in [-0.3, -0.25) is 15.1 Å². The molecule has 1 aromatic heterocycles. The molecule has 0 spiro atoms. The van der Waals surface area contributed by atoms with Gasteiger partial charge in [0.15, 0.2) is 0 Å². The molecule has 0 atom stereocenters. The fourth-order valence-electron chi connectivity index (χ4n) is 1.26. The SMILES string of the molecule is CCOC(=O)c1cc(C)[nH]c(=O)c1NOC. The molecule has 6 heteroatoms. The maximum atomic E-state index is 11.6. The second-order valence-corrected chi connectivity index (χ2v) is 3.10. The number of aromatic nitrogens is 1. The zero-order chi connectivity index (χ0) is 12.1. The first kappa shape index (κ1) is 12.3. The molecule has 1 rings (SSSR count). The summed E-state index contributed by atoms with van der Waals surface area (Å²) in [6, 6.07) is 1.53. The van der Waals surface area contributed by atoms with E-state index in [0.717, 1.165) is 0 Å². The smallest absolute Gasteiger partial charge is 0.340 e. The van der Waals surface area contributed by atoms with Crippen LogP contribution in [0.2, 0.25) is 0 Å². The van der Waals surface area contributed by atoms with E-state index in [1.54, 1.807) is 13.8 Å². The van der Waals surface area contributed by atoms with Crippen LogP contribution in [0.3, 0.4) is 0 Å². The second kappa shape index (κ2) is 5.32. The Labute approximate surface area is 92.5 Å². The third-order valence-electron chi connectivity index (χ3n) is 1.87. The summed E-state index contributed by atoms with van der Waals surface area (Å²) in [5, 5.41) is 0. The maximum Gasteiger partial charge on any atom is 0.340 e. The van der Waals surface area contributed by atoms with Gasteiger partial charge in [-0.1, -0.05) is 0 Å². The zero-order valence-corrected chi connectivity index (χ0v) is 9.42. The highest BCUT2D eigenvalue weighted by molar-refractivity contribution is 5.95. The van der Waals surface area contributed by atoms with Gasteiger partial charge in [-0.2, -0.15) is 0 Å². The van der Waals surface area contributed by atoms with Gasteiger partial charge in [-0.25, -0.2) is 4.79 Å². The molecule has 1 heterocycles. The Morgan fingerprint density at radius 3 is 2.81 bits per heavy atom. The number of anilines is 1. The lowest BCUT2D eigenvalue weighted by Crippen LogP contribution is -2.20. The molecule has 0 aromatic carbocycles. The average Bonchev–Trinajstić information content (AvgIpc) is 2.22. The Morgan fingerprint density at radius 2 is 2.25 bits per heavy atom. The molecule has 6 nitrogen and oxygen atoms in total. The van der Waals surface area contributed by atoms with Crippen LogP contribution in [0.1, 0.15) is 23.0 Å². The molecule has 0 bridgehead atoms. The van der Waals surface area contributed by atoms with Crippen molar-refractivity contribution in [3.63, 3.8) is 0 Å². The lowest BCUT2D eigenvalue weighted by molar-refractivity contribution is 0.0526. The molecule has 0 unspecified atom stereocenters. The fourth-order valence-corrected chi connectivity index (χ4v) is 1.26. The van der Waals surface area contributed by atoms with E-state index < -0.39 is 11.5 Å². The van der Waals surface area contributed by atoms with Gasteiger partial charge in [0.25, 0.3) is 5.56 Å². The highest BCUT2D eigenvalue weighted by Gasteiger charge is 2.16. The number of H-pyrrole nitrogens is 1. The molecule has 0 fully saturated rings. The Balaban J connectivity index is 3.23. The van der Waals surface area contributed by atoms with Crippen LogP contribution >= 0.6 is 0 Å². The van der Waals surface area contributed by atoms with E-state index in [0.29, 0.717) is 5.69 Å². The number of nitrogens with one attached hydrogen (secondary N) is 2. The van der Waals surface area contributed by atoms with Crippen molar-refractivity contribution < 1.29 is 14.4 Å². The van der Waals surface area contributed by atoms with Crippen LogP contribution in [-0.4, -0.2) is 24.7 Å². The molecule has 0 aliphatic heterocycles. The first-order chi connectivity index (χ1) is 7.60. The van der Waals surface area contributed by atoms with Gasteiger partial charge < -0.3 is 9.72 Å². The molecule has 88 valence electrons. The summed E-state index contributed by atoms with van der Waals surface area (Å²) in [4.78, 5) is 30.3. The molecule has 1 aromatic rings. The van der Waals surface area contributed by atoms with E-state index in [4.69, 9.17) is 4.74 Å². The second-order valence-electron chi connectivity index (χ2n) is 3.10. The van der Waals surface area contributed by atoms with Gasteiger partial charge in [0.05, 0.1) is 19.3 Å². The minimum atomic E-state index is -0.559. The van der Waals surface area contributed by atoms with E-state index in [1.807, 2.05) is 0 Å². The number of aryl methyl sites for hydroxylation is 1. The van der Waals surface area contributed by atoms with Crippen molar-refractivity contribution in [3.05, 3.63) is 27.7 Å². The third kappa shape index (κ3) is 2.60. The lowest BCUT2D eigenvalue weighted by Gasteiger charge is -2.09. The van der Waals surface area contributed by atoms with Crippen molar-refractivity contribution in [2.75, 3.05) is 19.2 Å². The maximum absolute atomic E-state index is 11.6. The van der Waals surface area contributed by atoms with Crippen molar-refractivity contribution in [2.24, 2.45) is 0 Å². The standard InChI is InChI=1S/C10H14N2O4/c1-4-16-10(14)7-5-6(2)11-9(13)8(7)12-15-3/h5,12H,4H2,1-3H3,(H,11,13). The van der Waals surface area contributed by atoms with Crippen LogP contribution in [0.4, 0.5) is 5.69 Å². The molecular weight excluding hydrogens is 212 g/mol. The van der Waals surface area contributed by atoms with Crippen molar-refractivity contribution in [3.8, 4) is 0 Å². The average molecular weight is 226 g/mol. The van der Waals surface area contributed by atoms with Crippen LogP contribution in [0, 0.1) is 6.92 Å². The quantitative estimate of drug-likeness (QED) is 0.587. The summed E-state index contributed by atoms with van der Waals surface area (Å²) in [6.45, 7) is 3.62. The lowest BCUT2D eigenvalue weighted by atomic mass is 10.2. The largest absolute Gasteiger partial charge is 0.462 e. The number of carbonyl (C=O) groups excluding carboxylic acids is 1. The molecular formula is C10H14N2O4. The van der Waals surface area contributed by atoms with E-state index in [-0.39, 0.29) is 17.9 Å². The van der Waals surface area contributed by atoms with E-state index in [2.05, 4.69) is 15.3 Å². The minimum Gasteiger partial charge on any atom is -0.462 e. The normalized spacial score (nSPS) is 9.94. The van der Waals surface area contributed by atoms with Crippen LogP contribution in [0.5, 0.6) is 0 Å². The van der Waals surface area contributed by atoms with Crippen molar-refractivity contribution in [1.29, 1.82) is 0 Å². The topological polar surface area (TPSA) is 80.4 Å². The predicted octanol–water partition coefficient (Wildman–Crippen LogP) is 0.833. The number of rotatable bonds is 4. The predicted molar refractivity (Wildman–Crippen MR) is 58.4 cm³/mol. The molecule has 0 amide bonds. The third-order valence-corrected chi connectivity index (χ3v) is 1.87. The highest BCUT2D eigenvalue weighted by Crippen LogP contribution is 2.12. The number of pyridine rings is 1. The molecule has 0 aliphatic carbocycles. The Morgan fingerprint density at radius 1 is 1.56 bits per heavy atom. The summed E-state index contributed by atoms with van der Waals surface area (Å²) in [7, 11) is 1.36. The summed E-state index contributed by atoms with van der Waals surface area (Å²) in [6.07, 6.45) is 0. The molecule has 0 radical (unpaired) electrons. The van der Waals surface area contributed by atoms with Crippen molar-refractivity contribution >= 4 is 11.7 Å². The number of esters is 1. The number of carbonyl (C=O) groups is 1. The Hall–Kier alpha value is -1.82. The fraction of sp³-hybridized carbons (Fsp3) is 0.400. The van der Waals surface area contributed by atoms with Gasteiger partial charge in [0.2, 0.25) is 0 Å². The van der Waals surface area contributed by atoms with Gasteiger partial charge >= 0.3 is 5.97 Å². The summed E-state index contributed by atoms with van der Waals surface area (Å²) in [5.41, 5.74) is 2.72. The molecule has 2 N–H and O–H groups in total. The van der Waals surface area contributed by atoms with Gasteiger partial charge in [0.1, 0.15) is 5.69 Å². The number of hydrogen-bond donors (Lipinski definition) is 2. The molecule has 0 saturated heterocycles. The van der Waals surface area contributed by atoms with E-state index in [1.165, 1.54) is 13.2 Å². The number of hydrogen-bond acceptors (Lipinski definition) is 5. The van der Waals surface area contributed by atoms with Crippen LogP contribution in [0.15, 0.2) is 10.9 Å². The summed E-state index contributed by atoms with van der Waals surface area (Å²) in [5.74, 6) is -0.559. The monoisotopic (exact) mass is 226 g/mol. The van der Waals surface area contributed by atoms with Crippen LogP contribution < -0.4 is 11.0 Å². The first-order valence-electron chi connectivity index (χ1n) is 4.80.